The van der Waals surface area contributed by atoms with Crippen LogP contribution in [0, 0.1) is 12.8 Å². The largest absolute Gasteiger partial charge is 0.300 e. The van der Waals surface area contributed by atoms with Crippen LogP contribution in [0.5, 0.6) is 0 Å². The van der Waals surface area contributed by atoms with Gasteiger partial charge in [-0.3, -0.25) is 4.79 Å². The third-order valence-corrected chi connectivity index (χ3v) is 4.77. The fourth-order valence-corrected chi connectivity index (χ4v) is 3.45. The molecule has 1 aromatic carbocycles. The van der Waals surface area contributed by atoms with Gasteiger partial charge in [0.15, 0.2) is 9.84 Å². The topological polar surface area (TPSA) is 51.2 Å². The van der Waals surface area contributed by atoms with Crippen molar-refractivity contribution < 1.29 is 13.2 Å². The third-order valence-electron chi connectivity index (χ3n) is 2.87. The number of ketones is 1. The van der Waals surface area contributed by atoms with Gasteiger partial charge in [0.05, 0.1) is 10.6 Å². The summed E-state index contributed by atoms with van der Waals surface area (Å²) >= 11 is 0. The second kappa shape index (κ2) is 4.01. The average molecular weight is 238 g/mol. The van der Waals surface area contributed by atoms with E-state index in [0.717, 1.165) is 5.56 Å². The van der Waals surface area contributed by atoms with Crippen LogP contribution in [-0.4, -0.2) is 20.0 Å². The monoisotopic (exact) mass is 238 g/mol. The van der Waals surface area contributed by atoms with E-state index in [2.05, 4.69) is 0 Å². The van der Waals surface area contributed by atoms with E-state index < -0.39 is 9.84 Å². The molecule has 0 spiro atoms. The molecule has 1 aliphatic carbocycles. The summed E-state index contributed by atoms with van der Waals surface area (Å²) in [5.74, 6) is 0.296. The number of hydrogen-bond acceptors (Lipinski definition) is 3. The van der Waals surface area contributed by atoms with Crippen molar-refractivity contribution in [2.24, 2.45) is 5.92 Å². The van der Waals surface area contributed by atoms with Crippen LogP contribution < -0.4 is 0 Å². The zero-order valence-electron chi connectivity index (χ0n) is 9.14. The Hall–Kier alpha value is -1.16. The highest BCUT2D eigenvalue weighted by atomic mass is 32.2. The van der Waals surface area contributed by atoms with Crippen molar-refractivity contribution in [2.75, 3.05) is 5.75 Å². The molecule has 0 N–H and O–H groups in total. The fourth-order valence-electron chi connectivity index (χ4n) is 1.85. The maximum Gasteiger partial charge on any atom is 0.178 e. The molecule has 86 valence electrons. The number of hydrogen-bond donors (Lipinski definition) is 0. The molecule has 0 aromatic heterocycles. The van der Waals surface area contributed by atoms with Crippen molar-refractivity contribution in [1.29, 1.82) is 0 Å². The predicted octanol–water partition coefficient (Wildman–Crippen LogP) is 1.75. The predicted molar refractivity (Wildman–Crippen MR) is 61.0 cm³/mol. The average Bonchev–Trinajstić information content (AvgIpc) is 2.15. The first kappa shape index (κ1) is 11.3. The van der Waals surface area contributed by atoms with Crippen molar-refractivity contribution in [1.82, 2.24) is 0 Å². The molecule has 3 nitrogen and oxygen atoms in total. The summed E-state index contributed by atoms with van der Waals surface area (Å²) in [7, 11) is -3.21. The van der Waals surface area contributed by atoms with Gasteiger partial charge in [-0.05, 0) is 25.0 Å². The molecule has 16 heavy (non-hydrogen) atoms. The lowest BCUT2D eigenvalue weighted by molar-refractivity contribution is -0.126. The van der Waals surface area contributed by atoms with Crippen LogP contribution in [0.4, 0.5) is 0 Å². The standard InChI is InChI=1S/C12H14O3S/c1-9-2-4-12(5-3-9)16(14,15)8-10-6-11(13)7-10/h2-5,10H,6-8H2,1H3. The SMILES string of the molecule is Cc1ccc(S(=O)(=O)CC2CC(=O)C2)cc1. The number of carbonyl (C=O) groups excluding carboxylic acids is 1. The van der Waals surface area contributed by atoms with Crippen LogP contribution >= 0.6 is 0 Å². The zero-order chi connectivity index (χ0) is 11.8. The van der Waals surface area contributed by atoms with Gasteiger partial charge in [-0.15, -0.1) is 0 Å². The molecule has 0 atom stereocenters. The number of benzene rings is 1. The summed E-state index contributed by atoms with van der Waals surface area (Å²) in [5.41, 5.74) is 1.04. The molecule has 1 aliphatic rings. The van der Waals surface area contributed by atoms with Gasteiger partial charge in [0.25, 0.3) is 0 Å². The van der Waals surface area contributed by atoms with Crippen molar-refractivity contribution >= 4 is 15.6 Å². The van der Waals surface area contributed by atoms with Crippen molar-refractivity contribution in [2.45, 2.75) is 24.7 Å². The molecule has 1 aromatic rings. The van der Waals surface area contributed by atoms with E-state index in [9.17, 15) is 13.2 Å². The van der Waals surface area contributed by atoms with Gasteiger partial charge in [0.2, 0.25) is 0 Å². The van der Waals surface area contributed by atoms with Crippen molar-refractivity contribution in [3.05, 3.63) is 29.8 Å². The maximum absolute atomic E-state index is 11.9. The van der Waals surface area contributed by atoms with Crippen LogP contribution in [0.1, 0.15) is 18.4 Å². The summed E-state index contributed by atoms with van der Waals surface area (Å²) in [4.78, 5) is 11.1. The highest BCUT2D eigenvalue weighted by Gasteiger charge is 2.31. The minimum atomic E-state index is -3.21. The van der Waals surface area contributed by atoms with Gasteiger partial charge < -0.3 is 0 Å². The first-order valence-corrected chi connectivity index (χ1v) is 6.94. The number of carbonyl (C=O) groups is 1. The van der Waals surface area contributed by atoms with Crippen molar-refractivity contribution in [3.63, 3.8) is 0 Å². The summed E-state index contributed by atoms with van der Waals surface area (Å²) in [5, 5.41) is 0. The van der Waals surface area contributed by atoms with Gasteiger partial charge in [0.1, 0.15) is 5.78 Å². The highest BCUT2D eigenvalue weighted by molar-refractivity contribution is 7.91. The quantitative estimate of drug-likeness (QED) is 0.806. The second-order valence-corrected chi connectivity index (χ2v) is 6.44. The Morgan fingerprint density at radius 3 is 2.25 bits per heavy atom. The minimum Gasteiger partial charge on any atom is -0.300 e. The lowest BCUT2D eigenvalue weighted by atomic mass is 9.86. The third kappa shape index (κ3) is 2.32. The van der Waals surface area contributed by atoms with Crippen LogP contribution in [0.15, 0.2) is 29.2 Å². The fraction of sp³-hybridized carbons (Fsp3) is 0.417. The van der Waals surface area contributed by atoms with Crippen molar-refractivity contribution in [3.8, 4) is 0 Å². The second-order valence-electron chi connectivity index (χ2n) is 4.41. The number of Topliss-reactive ketones (excluding diaryl/α,β-unsaturated/α-hetero) is 1. The van der Waals surface area contributed by atoms with Gasteiger partial charge in [-0.25, -0.2) is 8.42 Å². The molecule has 2 rings (SSSR count). The van der Waals surface area contributed by atoms with E-state index in [1.54, 1.807) is 24.3 Å². The minimum absolute atomic E-state index is 0.0267. The smallest absolute Gasteiger partial charge is 0.178 e. The number of sulfone groups is 1. The molecule has 0 aliphatic heterocycles. The Bertz CT molecular complexity index is 492. The van der Waals surface area contributed by atoms with E-state index in [4.69, 9.17) is 0 Å². The van der Waals surface area contributed by atoms with E-state index in [0.29, 0.717) is 17.7 Å². The van der Waals surface area contributed by atoms with Gasteiger partial charge in [0, 0.05) is 12.8 Å². The zero-order valence-corrected chi connectivity index (χ0v) is 9.96. The van der Waals surface area contributed by atoms with E-state index >= 15 is 0 Å². The highest BCUT2D eigenvalue weighted by Crippen LogP contribution is 2.26. The molecule has 1 fully saturated rings. The lowest BCUT2D eigenvalue weighted by Gasteiger charge is -2.23. The molecule has 4 heteroatoms. The molecule has 0 amide bonds. The maximum atomic E-state index is 11.9. The molecule has 0 radical (unpaired) electrons. The first-order valence-electron chi connectivity index (χ1n) is 5.28. The van der Waals surface area contributed by atoms with Crippen LogP contribution in [0.2, 0.25) is 0 Å². The van der Waals surface area contributed by atoms with Crippen LogP contribution in [0.3, 0.4) is 0 Å². The van der Waals surface area contributed by atoms with Crippen LogP contribution in [0.25, 0.3) is 0 Å². The molecular formula is C12H14O3S. The summed E-state index contributed by atoms with van der Waals surface area (Å²) in [6.45, 7) is 1.92. The van der Waals surface area contributed by atoms with E-state index in [1.807, 2.05) is 6.92 Å². The normalized spacial score (nSPS) is 17.2. The number of rotatable bonds is 3. The van der Waals surface area contributed by atoms with E-state index in [1.165, 1.54) is 0 Å². The first-order chi connectivity index (χ1) is 7.47. The Morgan fingerprint density at radius 1 is 1.19 bits per heavy atom. The molecule has 0 heterocycles. The van der Waals surface area contributed by atoms with Crippen LogP contribution in [-0.2, 0) is 14.6 Å². The Labute approximate surface area is 95.4 Å². The lowest BCUT2D eigenvalue weighted by Crippen LogP contribution is -2.29. The number of aryl methyl sites for hydroxylation is 1. The Kier molecular flexibility index (Phi) is 2.84. The molecule has 0 bridgehead atoms. The van der Waals surface area contributed by atoms with Gasteiger partial charge >= 0.3 is 0 Å². The van der Waals surface area contributed by atoms with Gasteiger partial charge in [-0.2, -0.15) is 0 Å². The van der Waals surface area contributed by atoms with E-state index in [-0.39, 0.29) is 17.5 Å². The molecule has 0 unspecified atom stereocenters. The summed E-state index contributed by atoms with van der Waals surface area (Å²) in [6.07, 6.45) is 0.843. The molecule has 1 saturated carbocycles. The van der Waals surface area contributed by atoms with Gasteiger partial charge in [-0.1, -0.05) is 17.7 Å². The molecule has 0 saturated heterocycles. The summed E-state index contributed by atoms with van der Waals surface area (Å²) in [6, 6.07) is 6.84. The molecular weight excluding hydrogens is 224 g/mol. The Balaban J connectivity index is 2.13. The Morgan fingerprint density at radius 2 is 1.75 bits per heavy atom. The summed E-state index contributed by atoms with van der Waals surface area (Å²) < 4.78 is 23.9.